The molecule has 0 radical (unpaired) electrons. The number of carbonyl (C=O) groups excluding carboxylic acids is 1. The van der Waals surface area contributed by atoms with Gasteiger partial charge in [0.05, 0.1) is 13.7 Å². The first kappa shape index (κ1) is 19.0. The summed E-state index contributed by atoms with van der Waals surface area (Å²) in [6.07, 6.45) is 2.34. The molecule has 136 valence electrons. The Morgan fingerprint density at radius 3 is 2.52 bits per heavy atom. The Morgan fingerprint density at radius 2 is 1.96 bits per heavy atom. The highest BCUT2D eigenvalue weighted by Crippen LogP contribution is 2.42. The third-order valence-electron chi connectivity index (χ3n) is 4.42. The molecular weight excluding hydrogens is 323 g/mol. The first-order valence-corrected chi connectivity index (χ1v) is 8.41. The van der Waals surface area contributed by atoms with Crippen LogP contribution in [0.3, 0.4) is 0 Å². The van der Waals surface area contributed by atoms with Gasteiger partial charge in [0.15, 0.2) is 0 Å². The lowest BCUT2D eigenvalue weighted by Crippen LogP contribution is -2.32. The molecule has 0 atom stereocenters. The van der Waals surface area contributed by atoms with Crippen LogP contribution in [0.25, 0.3) is 11.6 Å². The van der Waals surface area contributed by atoms with Crippen LogP contribution in [0.2, 0.25) is 0 Å². The summed E-state index contributed by atoms with van der Waals surface area (Å²) in [4.78, 5) is 11.8. The molecule has 0 bridgehead atoms. The molecule has 1 aromatic rings. The average molecular weight is 348 g/mol. The molecule has 0 spiro atoms. The molecule has 1 heterocycles. The fraction of sp³-hybridized carbons (Fsp3) is 0.450. The fourth-order valence-corrected chi connectivity index (χ4v) is 2.73. The summed E-state index contributed by atoms with van der Waals surface area (Å²) in [5, 5.41) is 0. The average Bonchev–Trinajstić information content (AvgIpc) is 2.56. The number of halogens is 1. The third-order valence-corrected chi connectivity index (χ3v) is 4.42. The maximum Gasteiger partial charge on any atom is 0.367 e. The van der Waals surface area contributed by atoms with E-state index in [0.717, 1.165) is 11.1 Å². The molecule has 0 saturated carbocycles. The number of hydrogen-bond donors (Lipinski definition) is 0. The predicted octanol–water partition coefficient (Wildman–Crippen LogP) is 4.92. The first-order chi connectivity index (χ1) is 11.7. The lowest BCUT2D eigenvalue weighted by atomic mass is 9.91. The molecule has 2 rings (SSSR count). The predicted molar refractivity (Wildman–Crippen MR) is 96.3 cm³/mol. The van der Waals surface area contributed by atoms with E-state index < -0.39 is 17.4 Å². The van der Waals surface area contributed by atoms with Gasteiger partial charge in [0.25, 0.3) is 0 Å². The van der Waals surface area contributed by atoms with Crippen LogP contribution in [-0.4, -0.2) is 25.3 Å². The second kappa shape index (κ2) is 7.30. The summed E-state index contributed by atoms with van der Waals surface area (Å²) in [6.45, 7) is 9.51. The van der Waals surface area contributed by atoms with E-state index in [0.29, 0.717) is 23.5 Å². The molecule has 0 N–H and O–H groups in total. The van der Waals surface area contributed by atoms with Crippen LogP contribution in [0.4, 0.5) is 4.39 Å². The van der Waals surface area contributed by atoms with Gasteiger partial charge in [-0.2, -0.15) is 4.39 Å². The van der Waals surface area contributed by atoms with E-state index in [2.05, 4.69) is 0 Å². The van der Waals surface area contributed by atoms with Crippen LogP contribution in [0, 0.1) is 0 Å². The Kier molecular flexibility index (Phi) is 5.55. The van der Waals surface area contributed by atoms with Gasteiger partial charge in [0.2, 0.25) is 5.83 Å². The van der Waals surface area contributed by atoms with E-state index in [1.165, 1.54) is 7.11 Å². The maximum absolute atomic E-state index is 14.6. The van der Waals surface area contributed by atoms with Gasteiger partial charge in [-0.1, -0.05) is 6.92 Å². The summed E-state index contributed by atoms with van der Waals surface area (Å²) in [6, 6.07) is 3.54. The third kappa shape index (κ3) is 3.70. The topological polar surface area (TPSA) is 44.8 Å². The lowest BCUT2D eigenvalue weighted by molar-refractivity contribution is -0.140. The molecule has 4 nitrogen and oxygen atoms in total. The quantitative estimate of drug-likeness (QED) is 0.559. The largest absolute Gasteiger partial charge is 0.496 e. The molecule has 0 aromatic heterocycles. The van der Waals surface area contributed by atoms with Gasteiger partial charge in [-0.05, 0) is 51.8 Å². The highest BCUT2D eigenvalue weighted by molar-refractivity contribution is 5.96. The summed E-state index contributed by atoms with van der Waals surface area (Å²) >= 11 is 0. The Morgan fingerprint density at radius 1 is 1.28 bits per heavy atom. The maximum atomic E-state index is 14.6. The number of carbonyl (C=O) groups is 1. The van der Waals surface area contributed by atoms with Crippen LogP contribution in [0.15, 0.2) is 23.5 Å². The molecule has 0 unspecified atom stereocenters. The van der Waals surface area contributed by atoms with E-state index in [1.807, 2.05) is 26.8 Å². The SMILES string of the molecule is CCOC(=O)/C(F)=C(/CC)c1cc2c(cc1OC)OC(C)(C)C(C)=C2. The van der Waals surface area contributed by atoms with E-state index in [4.69, 9.17) is 14.2 Å². The van der Waals surface area contributed by atoms with Crippen LogP contribution in [-0.2, 0) is 9.53 Å². The van der Waals surface area contributed by atoms with Crippen molar-refractivity contribution in [1.82, 2.24) is 0 Å². The normalized spacial score (nSPS) is 16.2. The number of hydrogen-bond acceptors (Lipinski definition) is 4. The molecule has 0 saturated heterocycles. The Balaban J connectivity index is 2.62. The molecule has 25 heavy (non-hydrogen) atoms. The standard InChI is InChI=1S/C20H25FO4/c1-7-14(18(21)19(22)24-8-2)15-10-13-9-12(3)20(4,5)25-16(13)11-17(15)23-6/h9-11H,7-8H2,1-6H3/b18-14+. The highest BCUT2D eigenvalue weighted by atomic mass is 19.1. The zero-order valence-electron chi connectivity index (χ0n) is 15.7. The minimum absolute atomic E-state index is 0.120. The molecular formula is C20H25FO4. The molecule has 1 aromatic carbocycles. The van der Waals surface area contributed by atoms with Crippen molar-refractivity contribution >= 4 is 17.6 Å². The smallest absolute Gasteiger partial charge is 0.367 e. The van der Waals surface area contributed by atoms with Crippen molar-refractivity contribution in [1.29, 1.82) is 0 Å². The monoisotopic (exact) mass is 348 g/mol. The number of benzene rings is 1. The molecule has 0 amide bonds. The van der Waals surface area contributed by atoms with Crippen LogP contribution >= 0.6 is 0 Å². The number of rotatable bonds is 5. The molecule has 5 heteroatoms. The van der Waals surface area contributed by atoms with Crippen LogP contribution in [0.1, 0.15) is 52.2 Å². The Labute approximate surface area is 148 Å². The number of fused-ring (bicyclic) bond motifs is 1. The molecule has 0 aliphatic carbocycles. The van der Waals surface area contributed by atoms with Crippen LogP contribution in [0.5, 0.6) is 11.5 Å². The Hall–Kier alpha value is -2.30. The van der Waals surface area contributed by atoms with E-state index in [9.17, 15) is 9.18 Å². The zero-order valence-corrected chi connectivity index (χ0v) is 15.7. The van der Waals surface area contributed by atoms with Crippen LogP contribution < -0.4 is 9.47 Å². The van der Waals surface area contributed by atoms with E-state index >= 15 is 0 Å². The second-order valence-electron chi connectivity index (χ2n) is 6.40. The van der Waals surface area contributed by atoms with Crippen molar-refractivity contribution in [2.75, 3.05) is 13.7 Å². The van der Waals surface area contributed by atoms with Gasteiger partial charge in [-0.15, -0.1) is 0 Å². The molecule has 0 fully saturated rings. The minimum atomic E-state index is -0.955. The van der Waals surface area contributed by atoms with Crippen molar-refractivity contribution in [3.8, 4) is 11.5 Å². The summed E-state index contributed by atoms with van der Waals surface area (Å²) in [5.74, 6) is -0.717. The number of esters is 1. The van der Waals surface area contributed by atoms with Gasteiger partial charge < -0.3 is 14.2 Å². The Bertz CT molecular complexity index is 744. The molecule has 1 aliphatic rings. The van der Waals surface area contributed by atoms with Crippen molar-refractivity contribution in [2.24, 2.45) is 0 Å². The van der Waals surface area contributed by atoms with Crippen molar-refractivity contribution in [3.05, 3.63) is 34.7 Å². The van der Waals surface area contributed by atoms with Gasteiger partial charge in [-0.3, -0.25) is 0 Å². The lowest BCUT2D eigenvalue weighted by Gasteiger charge is -2.33. The van der Waals surface area contributed by atoms with E-state index in [-0.39, 0.29) is 12.2 Å². The second-order valence-corrected chi connectivity index (χ2v) is 6.40. The van der Waals surface area contributed by atoms with Crippen molar-refractivity contribution in [2.45, 2.75) is 46.6 Å². The first-order valence-electron chi connectivity index (χ1n) is 8.41. The van der Waals surface area contributed by atoms with Gasteiger partial charge >= 0.3 is 5.97 Å². The van der Waals surface area contributed by atoms with Crippen molar-refractivity contribution < 1.29 is 23.4 Å². The van der Waals surface area contributed by atoms with E-state index in [1.54, 1.807) is 26.0 Å². The summed E-state index contributed by atoms with van der Waals surface area (Å²) < 4.78 is 30.8. The number of allylic oxidation sites excluding steroid dienone is 1. The van der Waals surface area contributed by atoms with Crippen molar-refractivity contribution in [3.63, 3.8) is 0 Å². The van der Waals surface area contributed by atoms with Gasteiger partial charge in [0, 0.05) is 22.8 Å². The fourth-order valence-electron chi connectivity index (χ4n) is 2.73. The molecule has 1 aliphatic heterocycles. The summed E-state index contributed by atoms with van der Waals surface area (Å²) in [5.41, 5.74) is 2.26. The zero-order chi connectivity index (χ0) is 18.8. The van der Waals surface area contributed by atoms with Gasteiger partial charge in [-0.25, -0.2) is 4.79 Å². The highest BCUT2D eigenvalue weighted by Gasteiger charge is 2.29. The summed E-state index contributed by atoms with van der Waals surface area (Å²) in [7, 11) is 1.51. The van der Waals surface area contributed by atoms with Gasteiger partial charge in [0.1, 0.15) is 17.1 Å². The number of ether oxygens (including phenoxy) is 3. The number of methoxy groups -OCH3 is 1. The minimum Gasteiger partial charge on any atom is -0.496 e.